The van der Waals surface area contributed by atoms with Crippen LogP contribution < -0.4 is 5.32 Å². The van der Waals surface area contributed by atoms with E-state index in [-0.39, 0.29) is 11.5 Å². The standard InChI is InChI=1S/C14H19NO2/c1-13(2,3)10-5-7-11(8-6-10)14(4)9-17-12(16)15-14/h5-8H,9H2,1-4H3,(H,15,16). The van der Waals surface area contributed by atoms with Crippen LogP contribution in [0, 0.1) is 0 Å². The third-order valence-electron chi connectivity index (χ3n) is 3.26. The Morgan fingerprint density at radius 2 is 1.82 bits per heavy atom. The molecule has 0 spiro atoms. The van der Waals surface area contributed by atoms with Gasteiger partial charge in [0.05, 0.1) is 5.54 Å². The third-order valence-corrected chi connectivity index (χ3v) is 3.26. The van der Waals surface area contributed by atoms with Crippen LogP contribution in [0.2, 0.25) is 0 Å². The van der Waals surface area contributed by atoms with Gasteiger partial charge in [-0.15, -0.1) is 0 Å². The first-order chi connectivity index (χ1) is 7.81. The molecule has 92 valence electrons. The number of cyclic esters (lactones) is 1. The van der Waals surface area contributed by atoms with Crippen LogP contribution in [0.4, 0.5) is 4.79 Å². The predicted molar refractivity (Wildman–Crippen MR) is 67.0 cm³/mol. The molecule has 1 atom stereocenters. The van der Waals surface area contributed by atoms with Gasteiger partial charge in [-0.2, -0.15) is 0 Å². The highest BCUT2D eigenvalue weighted by Gasteiger charge is 2.36. The van der Waals surface area contributed by atoms with Gasteiger partial charge in [0.15, 0.2) is 0 Å². The topological polar surface area (TPSA) is 38.3 Å². The summed E-state index contributed by atoms with van der Waals surface area (Å²) in [6.45, 7) is 8.92. The third kappa shape index (κ3) is 2.28. The van der Waals surface area contributed by atoms with Gasteiger partial charge in [-0.25, -0.2) is 4.79 Å². The molecule has 1 aromatic carbocycles. The number of carbonyl (C=O) groups excluding carboxylic acids is 1. The molecular formula is C14H19NO2. The molecule has 1 saturated heterocycles. The van der Waals surface area contributed by atoms with Crippen molar-refractivity contribution in [1.82, 2.24) is 5.32 Å². The van der Waals surface area contributed by atoms with Gasteiger partial charge in [-0.3, -0.25) is 0 Å². The summed E-state index contributed by atoms with van der Waals surface area (Å²) in [4.78, 5) is 11.1. The van der Waals surface area contributed by atoms with Crippen molar-refractivity contribution in [3.8, 4) is 0 Å². The summed E-state index contributed by atoms with van der Waals surface area (Å²) in [6, 6.07) is 8.36. The Kier molecular flexibility index (Phi) is 2.64. The minimum Gasteiger partial charge on any atom is -0.447 e. The molecule has 0 radical (unpaired) electrons. The van der Waals surface area contributed by atoms with Crippen molar-refractivity contribution in [2.24, 2.45) is 0 Å². The fourth-order valence-corrected chi connectivity index (χ4v) is 2.00. The summed E-state index contributed by atoms with van der Waals surface area (Å²) in [5, 5.41) is 2.84. The van der Waals surface area contributed by atoms with E-state index in [9.17, 15) is 4.79 Å². The number of hydrogen-bond donors (Lipinski definition) is 1. The molecule has 1 unspecified atom stereocenters. The van der Waals surface area contributed by atoms with Crippen molar-refractivity contribution in [2.75, 3.05) is 6.61 Å². The van der Waals surface area contributed by atoms with Crippen molar-refractivity contribution in [3.05, 3.63) is 35.4 Å². The highest BCUT2D eigenvalue weighted by atomic mass is 16.6. The monoisotopic (exact) mass is 233 g/mol. The van der Waals surface area contributed by atoms with E-state index >= 15 is 0 Å². The normalized spacial score (nSPS) is 24.4. The highest BCUT2D eigenvalue weighted by Crippen LogP contribution is 2.28. The lowest BCUT2D eigenvalue weighted by molar-refractivity contribution is 0.173. The molecule has 17 heavy (non-hydrogen) atoms. The van der Waals surface area contributed by atoms with Crippen LogP contribution in [0.15, 0.2) is 24.3 Å². The zero-order valence-corrected chi connectivity index (χ0v) is 10.8. The fourth-order valence-electron chi connectivity index (χ4n) is 2.00. The first-order valence-corrected chi connectivity index (χ1v) is 5.87. The molecular weight excluding hydrogens is 214 g/mol. The average molecular weight is 233 g/mol. The van der Waals surface area contributed by atoms with Crippen LogP contribution in [0.3, 0.4) is 0 Å². The summed E-state index contributed by atoms with van der Waals surface area (Å²) in [5.74, 6) is 0. The molecule has 3 heteroatoms. The molecule has 2 rings (SSSR count). The maximum Gasteiger partial charge on any atom is 0.408 e. The second kappa shape index (κ2) is 3.76. The maximum atomic E-state index is 11.1. The van der Waals surface area contributed by atoms with Gasteiger partial charge in [-0.1, -0.05) is 45.0 Å². The summed E-state index contributed by atoms with van der Waals surface area (Å²) in [7, 11) is 0. The van der Waals surface area contributed by atoms with Crippen LogP contribution in [0.1, 0.15) is 38.8 Å². The maximum absolute atomic E-state index is 11.1. The van der Waals surface area contributed by atoms with Gasteiger partial charge < -0.3 is 10.1 Å². The Morgan fingerprint density at radius 3 is 2.24 bits per heavy atom. The summed E-state index contributed by atoms with van der Waals surface area (Å²) in [6.07, 6.45) is -0.340. The van der Waals surface area contributed by atoms with Crippen LogP contribution in [-0.2, 0) is 15.7 Å². The Balaban J connectivity index is 2.27. The zero-order valence-electron chi connectivity index (χ0n) is 10.8. The van der Waals surface area contributed by atoms with Gasteiger partial charge in [0.2, 0.25) is 0 Å². The molecule has 0 aliphatic carbocycles. The van der Waals surface area contributed by atoms with E-state index in [0.29, 0.717) is 6.61 Å². The number of rotatable bonds is 1. The number of ether oxygens (including phenoxy) is 1. The van der Waals surface area contributed by atoms with Crippen molar-refractivity contribution in [3.63, 3.8) is 0 Å². The van der Waals surface area contributed by atoms with Gasteiger partial charge in [0.25, 0.3) is 0 Å². The van der Waals surface area contributed by atoms with E-state index in [1.165, 1.54) is 5.56 Å². The minimum atomic E-state index is -0.395. The Hall–Kier alpha value is -1.51. The van der Waals surface area contributed by atoms with Gasteiger partial charge >= 0.3 is 6.09 Å². The van der Waals surface area contributed by atoms with E-state index in [1.54, 1.807) is 0 Å². The van der Waals surface area contributed by atoms with Crippen LogP contribution in [-0.4, -0.2) is 12.7 Å². The number of hydrogen-bond acceptors (Lipinski definition) is 2. The number of alkyl carbamates (subject to hydrolysis) is 1. The fraction of sp³-hybridized carbons (Fsp3) is 0.500. The zero-order chi connectivity index (χ0) is 12.7. The van der Waals surface area contributed by atoms with E-state index in [1.807, 2.05) is 6.92 Å². The molecule has 1 fully saturated rings. The van der Waals surface area contributed by atoms with Crippen molar-refractivity contribution in [1.29, 1.82) is 0 Å². The van der Waals surface area contributed by atoms with Crippen molar-refractivity contribution in [2.45, 2.75) is 38.6 Å². The largest absolute Gasteiger partial charge is 0.447 e. The van der Waals surface area contributed by atoms with Crippen LogP contribution >= 0.6 is 0 Å². The second-order valence-electron chi connectivity index (χ2n) is 5.86. The van der Waals surface area contributed by atoms with E-state index in [4.69, 9.17) is 4.74 Å². The molecule has 1 heterocycles. The smallest absolute Gasteiger partial charge is 0.408 e. The minimum absolute atomic E-state index is 0.148. The van der Waals surface area contributed by atoms with Crippen LogP contribution in [0.25, 0.3) is 0 Å². The summed E-state index contributed by atoms with van der Waals surface area (Å²) < 4.78 is 4.97. The number of carbonyl (C=O) groups is 1. The SMILES string of the molecule is CC(C)(C)c1ccc(C2(C)COC(=O)N2)cc1. The van der Waals surface area contributed by atoms with Crippen LogP contribution in [0.5, 0.6) is 0 Å². The Bertz CT molecular complexity index is 431. The van der Waals surface area contributed by atoms with Gasteiger partial charge in [0.1, 0.15) is 6.61 Å². The predicted octanol–water partition coefficient (Wildman–Crippen LogP) is 2.94. The molecule has 1 aliphatic heterocycles. The summed E-state index contributed by atoms with van der Waals surface area (Å²) >= 11 is 0. The first kappa shape index (κ1) is 12.0. The van der Waals surface area contributed by atoms with E-state index < -0.39 is 5.54 Å². The number of nitrogens with one attached hydrogen (secondary N) is 1. The summed E-state index contributed by atoms with van der Waals surface area (Å²) in [5.41, 5.74) is 2.12. The Morgan fingerprint density at radius 1 is 1.24 bits per heavy atom. The average Bonchev–Trinajstić information content (AvgIpc) is 2.59. The number of benzene rings is 1. The molecule has 3 nitrogen and oxygen atoms in total. The lowest BCUT2D eigenvalue weighted by Gasteiger charge is -2.24. The van der Waals surface area contributed by atoms with E-state index in [2.05, 4.69) is 50.4 Å². The number of amides is 1. The molecule has 0 saturated carbocycles. The van der Waals surface area contributed by atoms with Gasteiger partial charge in [0, 0.05) is 0 Å². The Labute approximate surface area is 102 Å². The molecule has 1 aromatic rings. The quantitative estimate of drug-likeness (QED) is 0.810. The lowest BCUT2D eigenvalue weighted by Crippen LogP contribution is -2.37. The molecule has 1 amide bonds. The van der Waals surface area contributed by atoms with Crippen molar-refractivity contribution < 1.29 is 9.53 Å². The lowest BCUT2D eigenvalue weighted by atomic mass is 9.84. The van der Waals surface area contributed by atoms with E-state index in [0.717, 1.165) is 5.56 Å². The molecule has 0 aromatic heterocycles. The first-order valence-electron chi connectivity index (χ1n) is 5.87. The molecule has 0 bridgehead atoms. The second-order valence-corrected chi connectivity index (χ2v) is 5.86. The van der Waals surface area contributed by atoms with Gasteiger partial charge in [-0.05, 0) is 23.5 Å². The molecule has 1 N–H and O–H groups in total. The molecule has 1 aliphatic rings. The van der Waals surface area contributed by atoms with Crippen molar-refractivity contribution >= 4 is 6.09 Å². The highest BCUT2D eigenvalue weighted by molar-refractivity contribution is 5.71.